The van der Waals surface area contributed by atoms with Crippen molar-refractivity contribution in [2.24, 2.45) is 5.92 Å². The molecule has 0 aliphatic carbocycles. The molecular weight excluding hydrogens is 368 g/mol. The molecule has 0 unspecified atom stereocenters. The number of nitrogens with one attached hydrogen (secondary N) is 2. The highest BCUT2D eigenvalue weighted by molar-refractivity contribution is 7.89. The van der Waals surface area contributed by atoms with Crippen molar-refractivity contribution in [1.82, 2.24) is 14.5 Å². The van der Waals surface area contributed by atoms with Gasteiger partial charge in [-0.1, -0.05) is 13.0 Å². The number of sulfonamides is 1. The van der Waals surface area contributed by atoms with Crippen LogP contribution in [0.25, 0.3) is 0 Å². The minimum absolute atomic E-state index is 0.245. The van der Waals surface area contributed by atoms with Gasteiger partial charge in [-0.3, -0.25) is 0 Å². The molecule has 0 saturated carbocycles. The zero-order chi connectivity index (χ0) is 19.2. The summed E-state index contributed by atoms with van der Waals surface area (Å²) in [6.07, 6.45) is 3.62. The van der Waals surface area contributed by atoms with Crippen molar-refractivity contribution in [1.29, 1.82) is 0 Å². The summed E-state index contributed by atoms with van der Waals surface area (Å²) in [6.45, 7) is 6.59. The number of benzene rings is 1. The molecule has 1 aromatic carbocycles. The third-order valence-electron chi connectivity index (χ3n) is 4.68. The predicted octanol–water partition coefficient (Wildman–Crippen LogP) is 2.35. The van der Waals surface area contributed by atoms with E-state index in [1.807, 2.05) is 0 Å². The number of thiocarbonyl (C=S) groups is 1. The Morgan fingerprint density at radius 2 is 2.00 bits per heavy atom. The van der Waals surface area contributed by atoms with E-state index in [0.29, 0.717) is 10.8 Å². The Morgan fingerprint density at radius 3 is 2.65 bits per heavy atom. The SMILES string of the molecule is CC1CCN(CCCNC(=S)Nc2cccc(S(=O)(=O)N(C)C)c2)CC1. The van der Waals surface area contributed by atoms with Crippen molar-refractivity contribution in [2.75, 3.05) is 45.6 Å². The first-order valence-electron chi connectivity index (χ1n) is 9.09. The Morgan fingerprint density at radius 1 is 1.31 bits per heavy atom. The van der Waals surface area contributed by atoms with Crippen LogP contribution in [0.1, 0.15) is 26.2 Å². The third-order valence-corrected chi connectivity index (χ3v) is 6.74. The molecule has 0 spiro atoms. The van der Waals surface area contributed by atoms with Crippen LogP contribution in [0.3, 0.4) is 0 Å². The van der Waals surface area contributed by atoms with Crippen molar-refractivity contribution in [3.8, 4) is 0 Å². The largest absolute Gasteiger partial charge is 0.362 e. The maximum absolute atomic E-state index is 12.2. The van der Waals surface area contributed by atoms with E-state index in [-0.39, 0.29) is 4.90 Å². The molecule has 26 heavy (non-hydrogen) atoms. The van der Waals surface area contributed by atoms with Crippen LogP contribution < -0.4 is 10.6 Å². The van der Waals surface area contributed by atoms with Crippen LogP contribution in [-0.2, 0) is 10.0 Å². The second kappa shape index (κ2) is 9.64. The molecule has 8 heteroatoms. The molecule has 2 N–H and O–H groups in total. The summed E-state index contributed by atoms with van der Waals surface area (Å²) in [5.41, 5.74) is 0.662. The average Bonchev–Trinajstić information content (AvgIpc) is 2.60. The quantitative estimate of drug-likeness (QED) is 0.543. The Hall–Kier alpha value is -1.22. The number of hydrogen-bond donors (Lipinski definition) is 2. The number of anilines is 1. The lowest BCUT2D eigenvalue weighted by Crippen LogP contribution is -2.36. The topological polar surface area (TPSA) is 64.7 Å². The summed E-state index contributed by atoms with van der Waals surface area (Å²) >= 11 is 5.31. The number of hydrogen-bond acceptors (Lipinski definition) is 4. The summed E-state index contributed by atoms with van der Waals surface area (Å²) in [5, 5.41) is 6.77. The summed E-state index contributed by atoms with van der Waals surface area (Å²) in [7, 11) is -0.411. The highest BCUT2D eigenvalue weighted by atomic mass is 32.2. The maximum atomic E-state index is 12.2. The second-order valence-electron chi connectivity index (χ2n) is 7.07. The molecule has 1 heterocycles. The maximum Gasteiger partial charge on any atom is 0.242 e. The summed E-state index contributed by atoms with van der Waals surface area (Å²) < 4.78 is 25.6. The van der Waals surface area contributed by atoms with Gasteiger partial charge in [-0.2, -0.15) is 0 Å². The molecule has 0 amide bonds. The first kappa shape index (κ1) is 21.1. The van der Waals surface area contributed by atoms with Crippen molar-refractivity contribution in [2.45, 2.75) is 31.1 Å². The van der Waals surface area contributed by atoms with Gasteiger partial charge >= 0.3 is 0 Å². The molecule has 146 valence electrons. The van der Waals surface area contributed by atoms with Gasteiger partial charge in [0.25, 0.3) is 0 Å². The lowest BCUT2D eigenvalue weighted by atomic mass is 9.99. The Bertz CT molecular complexity index is 699. The smallest absolute Gasteiger partial charge is 0.242 e. The molecule has 0 bridgehead atoms. The standard InChI is InChI=1S/C18H30N4O2S2/c1-15-8-12-22(13-9-15)11-5-10-19-18(25)20-16-6-4-7-17(14-16)26(23,24)21(2)3/h4,6-7,14-15H,5,8-13H2,1-3H3,(H2,19,20,25). The first-order valence-corrected chi connectivity index (χ1v) is 10.9. The monoisotopic (exact) mass is 398 g/mol. The molecule has 1 aliphatic heterocycles. The number of nitrogens with zero attached hydrogens (tertiary/aromatic N) is 2. The van der Waals surface area contributed by atoms with Crippen LogP contribution >= 0.6 is 12.2 Å². The number of piperidine rings is 1. The fourth-order valence-corrected chi connectivity index (χ4v) is 4.08. The molecule has 1 fully saturated rings. The first-order chi connectivity index (χ1) is 12.3. The third kappa shape index (κ3) is 6.19. The van der Waals surface area contributed by atoms with Crippen molar-refractivity contribution in [3.63, 3.8) is 0 Å². The zero-order valence-corrected chi connectivity index (χ0v) is 17.5. The lowest BCUT2D eigenvalue weighted by Gasteiger charge is -2.30. The number of likely N-dealkylation sites (tertiary alicyclic amines) is 1. The molecule has 1 aromatic rings. The van der Waals surface area contributed by atoms with E-state index in [1.165, 1.54) is 44.3 Å². The minimum atomic E-state index is -3.45. The predicted molar refractivity (Wildman–Crippen MR) is 111 cm³/mol. The molecule has 1 aliphatic rings. The molecule has 1 saturated heterocycles. The molecule has 2 rings (SSSR count). The van der Waals surface area contributed by atoms with E-state index < -0.39 is 10.0 Å². The minimum Gasteiger partial charge on any atom is -0.362 e. The lowest BCUT2D eigenvalue weighted by molar-refractivity contribution is 0.191. The average molecular weight is 399 g/mol. The Kier molecular flexibility index (Phi) is 7.82. The van der Waals surface area contributed by atoms with Gasteiger partial charge in [0.05, 0.1) is 4.90 Å². The van der Waals surface area contributed by atoms with Crippen LogP contribution in [0, 0.1) is 5.92 Å². The van der Waals surface area contributed by atoms with Crippen LogP contribution in [-0.4, -0.2) is 63.0 Å². The van der Waals surface area contributed by atoms with E-state index >= 15 is 0 Å². The highest BCUT2D eigenvalue weighted by Crippen LogP contribution is 2.18. The van der Waals surface area contributed by atoms with Crippen molar-refractivity contribution < 1.29 is 8.42 Å². The second-order valence-corrected chi connectivity index (χ2v) is 9.63. The molecule has 0 aromatic heterocycles. The van der Waals surface area contributed by atoms with Gasteiger partial charge in [-0.15, -0.1) is 0 Å². The molecule has 0 atom stereocenters. The fraction of sp³-hybridized carbons (Fsp3) is 0.611. The van der Waals surface area contributed by atoms with Crippen LogP contribution in [0.15, 0.2) is 29.2 Å². The summed E-state index contributed by atoms with van der Waals surface area (Å²) in [6, 6.07) is 6.69. The van der Waals surface area contributed by atoms with E-state index in [0.717, 1.165) is 25.4 Å². The Balaban J connectivity index is 1.76. The van der Waals surface area contributed by atoms with Gasteiger partial charge in [0, 0.05) is 26.3 Å². The van der Waals surface area contributed by atoms with E-state index in [1.54, 1.807) is 24.3 Å². The van der Waals surface area contributed by atoms with E-state index in [4.69, 9.17) is 12.2 Å². The summed E-state index contributed by atoms with van der Waals surface area (Å²) in [5.74, 6) is 0.855. The Labute approximate surface area is 163 Å². The normalized spacial score (nSPS) is 16.6. The fourth-order valence-electron chi connectivity index (χ4n) is 2.91. The van der Waals surface area contributed by atoms with E-state index in [9.17, 15) is 8.42 Å². The van der Waals surface area contributed by atoms with Crippen LogP contribution in [0.5, 0.6) is 0 Å². The van der Waals surface area contributed by atoms with Gasteiger partial charge in [0.1, 0.15) is 0 Å². The van der Waals surface area contributed by atoms with Crippen molar-refractivity contribution >= 4 is 33.0 Å². The van der Waals surface area contributed by atoms with Crippen molar-refractivity contribution in [3.05, 3.63) is 24.3 Å². The van der Waals surface area contributed by atoms with Crippen LogP contribution in [0.2, 0.25) is 0 Å². The zero-order valence-electron chi connectivity index (χ0n) is 15.9. The molecule has 6 nitrogen and oxygen atoms in total. The number of rotatable bonds is 7. The highest BCUT2D eigenvalue weighted by Gasteiger charge is 2.17. The van der Waals surface area contributed by atoms with Gasteiger partial charge in [-0.05, 0) is 75.2 Å². The van der Waals surface area contributed by atoms with Gasteiger partial charge in [-0.25, -0.2) is 12.7 Å². The molecule has 0 radical (unpaired) electrons. The summed E-state index contributed by atoms with van der Waals surface area (Å²) in [4.78, 5) is 2.75. The molecular formula is C18H30N4O2S2. The van der Waals surface area contributed by atoms with Gasteiger partial charge < -0.3 is 15.5 Å². The van der Waals surface area contributed by atoms with Gasteiger partial charge in [0.2, 0.25) is 10.0 Å². The van der Waals surface area contributed by atoms with E-state index in [2.05, 4.69) is 22.5 Å². The van der Waals surface area contributed by atoms with Crippen LogP contribution in [0.4, 0.5) is 5.69 Å². The van der Waals surface area contributed by atoms with Gasteiger partial charge in [0.15, 0.2) is 5.11 Å².